The lowest BCUT2D eigenvalue weighted by molar-refractivity contribution is -0.138. The van der Waals surface area contributed by atoms with Crippen molar-refractivity contribution >= 4 is 0 Å². The third-order valence-corrected chi connectivity index (χ3v) is 1.91. The highest BCUT2D eigenvalue weighted by molar-refractivity contribution is 4.80. The van der Waals surface area contributed by atoms with Crippen LogP contribution in [0.3, 0.4) is 0 Å². The first-order valence-electron chi connectivity index (χ1n) is 5.33. The predicted molar refractivity (Wildman–Crippen MR) is 59.3 cm³/mol. The van der Waals surface area contributed by atoms with E-state index in [2.05, 4.69) is 18.8 Å². The van der Waals surface area contributed by atoms with Gasteiger partial charge in [0.1, 0.15) is 0 Å². The first-order chi connectivity index (χ1) is 6.74. The fourth-order valence-electron chi connectivity index (χ4n) is 1.10. The van der Waals surface area contributed by atoms with Gasteiger partial charge in [0, 0.05) is 32.2 Å². The predicted octanol–water partition coefficient (Wildman–Crippen LogP) is 1.94. The summed E-state index contributed by atoms with van der Waals surface area (Å²) in [4.78, 5) is 0. The summed E-state index contributed by atoms with van der Waals surface area (Å²) in [5.41, 5.74) is 0. The van der Waals surface area contributed by atoms with Gasteiger partial charge in [-0.15, -0.1) is 6.58 Å². The van der Waals surface area contributed by atoms with Crippen LogP contribution in [0.25, 0.3) is 0 Å². The zero-order chi connectivity index (χ0) is 10.8. The van der Waals surface area contributed by atoms with Crippen LogP contribution >= 0.6 is 0 Å². The van der Waals surface area contributed by atoms with E-state index in [1.807, 2.05) is 19.9 Å². The molecule has 1 atom stereocenters. The molecule has 0 aliphatic heterocycles. The Morgan fingerprint density at radius 3 is 2.29 bits per heavy atom. The molecule has 0 aliphatic carbocycles. The largest absolute Gasteiger partial charge is 0.353 e. The van der Waals surface area contributed by atoms with Crippen LogP contribution in [-0.2, 0) is 9.47 Å². The Balaban J connectivity index is 3.53. The van der Waals surface area contributed by atoms with Crippen molar-refractivity contribution in [2.24, 2.45) is 0 Å². The molecule has 0 spiro atoms. The highest BCUT2D eigenvalue weighted by atomic mass is 16.7. The van der Waals surface area contributed by atoms with Crippen molar-refractivity contribution in [1.82, 2.24) is 5.32 Å². The molecule has 0 rings (SSSR count). The van der Waals surface area contributed by atoms with Crippen LogP contribution in [0.15, 0.2) is 12.7 Å². The maximum absolute atomic E-state index is 5.41. The van der Waals surface area contributed by atoms with Gasteiger partial charge in [0.15, 0.2) is 6.29 Å². The maximum atomic E-state index is 5.41. The Morgan fingerprint density at radius 1 is 1.29 bits per heavy atom. The molecular weight excluding hydrogens is 178 g/mol. The SMILES string of the molecule is C=CC(C)NCCC(OCC)OCC. The Kier molecular flexibility index (Phi) is 8.94. The summed E-state index contributed by atoms with van der Waals surface area (Å²) in [5.74, 6) is 0. The summed E-state index contributed by atoms with van der Waals surface area (Å²) >= 11 is 0. The fraction of sp³-hybridized carbons (Fsp3) is 0.818. The molecule has 0 aromatic carbocycles. The van der Waals surface area contributed by atoms with E-state index in [-0.39, 0.29) is 6.29 Å². The lowest BCUT2D eigenvalue weighted by Gasteiger charge is -2.17. The van der Waals surface area contributed by atoms with Gasteiger partial charge in [-0.3, -0.25) is 0 Å². The van der Waals surface area contributed by atoms with Crippen molar-refractivity contribution in [1.29, 1.82) is 0 Å². The molecule has 0 amide bonds. The second-order valence-electron chi connectivity index (χ2n) is 3.11. The van der Waals surface area contributed by atoms with E-state index in [1.165, 1.54) is 0 Å². The molecule has 3 heteroatoms. The minimum atomic E-state index is -0.0745. The molecule has 0 aliphatic rings. The number of hydrogen-bond acceptors (Lipinski definition) is 3. The van der Waals surface area contributed by atoms with Gasteiger partial charge in [-0.25, -0.2) is 0 Å². The molecular formula is C11H23NO2. The van der Waals surface area contributed by atoms with Crippen LogP contribution < -0.4 is 5.32 Å². The highest BCUT2D eigenvalue weighted by Gasteiger charge is 2.07. The highest BCUT2D eigenvalue weighted by Crippen LogP contribution is 2.00. The molecule has 0 saturated carbocycles. The third-order valence-electron chi connectivity index (χ3n) is 1.91. The molecule has 1 N–H and O–H groups in total. The molecule has 0 radical (unpaired) electrons. The van der Waals surface area contributed by atoms with E-state index < -0.39 is 0 Å². The number of ether oxygens (including phenoxy) is 2. The molecule has 0 fully saturated rings. The Hall–Kier alpha value is -0.380. The molecule has 0 bridgehead atoms. The standard InChI is InChI=1S/C11H23NO2/c1-5-10(4)12-9-8-11(13-6-2)14-7-3/h5,10-12H,1,6-9H2,2-4H3. The van der Waals surface area contributed by atoms with Gasteiger partial charge in [-0.1, -0.05) is 6.08 Å². The molecule has 3 nitrogen and oxygen atoms in total. The van der Waals surface area contributed by atoms with Crippen LogP contribution in [0, 0.1) is 0 Å². The van der Waals surface area contributed by atoms with E-state index in [4.69, 9.17) is 9.47 Å². The van der Waals surface area contributed by atoms with E-state index in [0.29, 0.717) is 19.3 Å². The molecule has 84 valence electrons. The Bertz CT molecular complexity index is 133. The second kappa shape index (κ2) is 9.19. The second-order valence-corrected chi connectivity index (χ2v) is 3.11. The first kappa shape index (κ1) is 13.6. The normalized spacial score (nSPS) is 13.1. The molecule has 1 unspecified atom stereocenters. The third kappa shape index (κ3) is 7.06. The van der Waals surface area contributed by atoms with Crippen LogP contribution in [0.5, 0.6) is 0 Å². The molecule has 0 aromatic heterocycles. The van der Waals surface area contributed by atoms with Gasteiger partial charge in [0.2, 0.25) is 0 Å². The lowest BCUT2D eigenvalue weighted by atomic mass is 10.3. The van der Waals surface area contributed by atoms with Crippen LogP contribution in [-0.4, -0.2) is 32.1 Å². The van der Waals surface area contributed by atoms with Crippen LogP contribution in [0.2, 0.25) is 0 Å². The van der Waals surface area contributed by atoms with Crippen molar-refractivity contribution in [3.05, 3.63) is 12.7 Å². The monoisotopic (exact) mass is 201 g/mol. The Labute approximate surface area is 87.5 Å². The molecule has 14 heavy (non-hydrogen) atoms. The van der Waals surface area contributed by atoms with Crippen molar-refractivity contribution in [3.8, 4) is 0 Å². The van der Waals surface area contributed by atoms with Crippen molar-refractivity contribution in [2.45, 2.75) is 39.5 Å². The summed E-state index contributed by atoms with van der Waals surface area (Å²) in [5, 5.41) is 3.30. The van der Waals surface area contributed by atoms with E-state index in [1.54, 1.807) is 0 Å². The summed E-state index contributed by atoms with van der Waals surface area (Å²) in [6.45, 7) is 12.0. The maximum Gasteiger partial charge on any atom is 0.158 e. The number of nitrogens with one attached hydrogen (secondary N) is 1. The first-order valence-corrected chi connectivity index (χ1v) is 5.33. The van der Waals surface area contributed by atoms with E-state index >= 15 is 0 Å². The van der Waals surface area contributed by atoms with Gasteiger partial charge < -0.3 is 14.8 Å². The summed E-state index contributed by atoms with van der Waals surface area (Å²) in [7, 11) is 0. The van der Waals surface area contributed by atoms with E-state index in [0.717, 1.165) is 13.0 Å². The minimum absolute atomic E-state index is 0.0745. The topological polar surface area (TPSA) is 30.5 Å². The smallest absolute Gasteiger partial charge is 0.158 e. The average Bonchev–Trinajstić information content (AvgIpc) is 2.18. The molecule has 0 aromatic rings. The number of rotatable bonds is 9. The van der Waals surface area contributed by atoms with Crippen molar-refractivity contribution < 1.29 is 9.47 Å². The number of hydrogen-bond donors (Lipinski definition) is 1. The van der Waals surface area contributed by atoms with Gasteiger partial charge in [-0.05, 0) is 20.8 Å². The molecule has 0 heterocycles. The van der Waals surface area contributed by atoms with Crippen LogP contribution in [0.4, 0.5) is 0 Å². The zero-order valence-corrected chi connectivity index (χ0v) is 9.58. The van der Waals surface area contributed by atoms with Crippen molar-refractivity contribution in [3.63, 3.8) is 0 Å². The summed E-state index contributed by atoms with van der Waals surface area (Å²) < 4.78 is 10.8. The van der Waals surface area contributed by atoms with Gasteiger partial charge in [0.05, 0.1) is 0 Å². The Morgan fingerprint density at radius 2 is 1.86 bits per heavy atom. The zero-order valence-electron chi connectivity index (χ0n) is 9.58. The molecule has 0 saturated heterocycles. The lowest BCUT2D eigenvalue weighted by Crippen LogP contribution is -2.29. The van der Waals surface area contributed by atoms with E-state index in [9.17, 15) is 0 Å². The minimum Gasteiger partial charge on any atom is -0.353 e. The van der Waals surface area contributed by atoms with Gasteiger partial charge >= 0.3 is 0 Å². The van der Waals surface area contributed by atoms with Gasteiger partial charge in [-0.2, -0.15) is 0 Å². The fourth-order valence-corrected chi connectivity index (χ4v) is 1.10. The van der Waals surface area contributed by atoms with Crippen molar-refractivity contribution in [2.75, 3.05) is 19.8 Å². The van der Waals surface area contributed by atoms with Crippen LogP contribution in [0.1, 0.15) is 27.2 Å². The summed E-state index contributed by atoms with van der Waals surface area (Å²) in [6.07, 6.45) is 2.69. The quantitative estimate of drug-likeness (QED) is 0.457. The van der Waals surface area contributed by atoms with Gasteiger partial charge in [0.25, 0.3) is 0 Å². The summed E-state index contributed by atoms with van der Waals surface area (Å²) in [6, 6.07) is 0.346. The average molecular weight is 201 g/mol.